The molecule has 0 saturated carbocycles. The Balaban J connectivity index is 2.49. The first-order valence-electron chi connectivity index (χ1n) is 6.30. The van der Waals surface area contributed by atoms with Gasteiger partial charge in [-0.1, -0.05) is 45.7 Å². The Labute approximate surface area is 132 Å². The minimum Gasteiger partial charge on any atom is -0.494 e. The van der Waals surface area contributed by atoms with E-state index in [1.54, 1.807) is 0 Å². The molecule has 0 aliphatic heterocycles. The van der Waals surface area contributed by atoms with Crippen molar-refractivity contribution < 1.29 is 4.74 Å². The lowest BCUT2D eigenvalue weighted by Crippen LogP contribution is -2.29. The van der Waals surface area contributed by atoms with Crippen molar-refractivity contribution in [3.05, 3.63) is 63.1 Å². The summed E-state index contributed by atoms with van der Waals surface area (Å²) in [4.78, 5) is 0. The van der Waals surface area contributed by atoms with E-state index >= 15 is 0 Å². The van der Waals surface area contributed by atoms with Crippen LogP contribution in [-0.4, -0.2) is 6.61 Å². The molecule has 2 aromatic carbocycles. The van der Waals surface area contributed by atoms with E-state index in [-0.39, 0.29) is 6.04 Å². The van der Waals surface area contributed by atoms with E-state index in [1.807, 2.05) is 49.4 Å². The minimum absolute atomic E-state index is 0.234. The molecule has 0 radical (unpaired) electrons. The molecule has 2 rings (SSSR count). The zero-order chi connectivity index (χ0) is 14.5. The summed E-state index contributed by atoms with van der Waals surface area (Å²) in [6.07, 6.45) is 0. The fourth-order valence-corrected chi connectivity index (χ4v) is 2.69. The second-order valence-corrected chi connectivity index (χ2v) is 5.56. The molecule has 5 heteroatoms. The molecular weight excluding hydrogens is 340 g/mol. The van der Waals surface area contributed by atoms with E-state index in [4.69, 9.17) is 22.2 Å². The summed E-state index contributed by atoms with van der Waals surface area (Å²) in [5.41, 5.74) is 4.67. The SMILES string of the molecule is CCOc1ccccc1C(NN)c1cc(Br)ccc1Cl. The number of benzene rings is 2. The Morgan fingerprint density at radius 3 is 2.70 bits per heavy atom. The number of hydrogen-bond acceptors (Lipinski definition) is 3. The smallest absolute Gasteiger partial charge is 0.124 e. The van der Waals surface area contributed by atoms with Crippen LogP contribution in [0.4, 0.5) is 0 Å². The maximum atomic E-state index is 6.29. The molecule has 2 aromatic rings. The highest BCUT2D eigenvalue weighted by Gasteiger charge is 2.19. The molecule has 1 atom stereocenters. The summed E-state index contributed by atoms with van der Waals surface area (Å²) >= 11 is 9.75. The van der Waals surface area contributed by atoms with Gasteiger partial charge in [-0.3, -0.25) is 5.84 Å². The highest BCUT2D eigenvalue weighted by molar-refractivity contribution is 9.10. The second kappa shape index (κ2) is 7.09. The van der Waals surface area contributed by atoms with Gasteiger partial charge in [-0.15, -0.1) is 0 Å². The number of nitrogens with one attached hydrogen (secondary N) is 1. The van der Waals surface area contributed by atoms with Gasteiger partial charge in [0, 0.05) is 15.1 Å². The van der Waals surface area contributed by atoms with Gasteiger partial charge in [0.15, 0.2) is 0 Å². The van der Waals surface area contributed by atoms with Gasteiger partial charge in [-0.2, -0.15) is 0 Å². The maximum Gasteiger partial charge on any atom is 0.124 e. The molecule has 3 nitrogen and oxygen atoms in total. The Morgan fingerprint density at radius 1 is 1.25 bits per heavy atom. The highest BCUT2D eigenvalue weighted by Crippen LogP contribution is 2.34. The fraction of sp³-hybridized carbons (Fsp3) is 0.200. The van der Waals surface area contributed by atoms with Gasteiger partial charge in [0.25, 0.3) is 0 Å². The first-order valence-corrected chi connectivity index (χ1v) is 7.47. The zero-order valence-corrected chi connectivity index (χ0v) is 13.4. The Hall–Kier alpha value is -1.07. The third kappa shape index (κ3) is 3.33. The van der Waals surface area contributed by atoms with Crippen LogP contribution in [0.2, 0.25) is 5.02 Å². The summed E-state index contributed by atoms with van der Waals surface area (Å²) in [6.45, 7) is 2.55. The molecule has 0 aromatic heterocycles. The van der Waals surface area contributed by atoms with E-state index in [2.05, 4.69) is 21.4 Å². The molecule has 0 bridgehead atoms. The van der Waals surface area contributed by atoms with E-state index in [0.29, 0.717) is 11.6 Å². The number of hydrogen-bond donors (Lipinski definition) is 2. The number of hydrazine groups is 1. The molecule has 0 spiro atoms. The largest absolute Gasteiger partial charge is 0.494 e. The predicted molar refractivity (Wildman–Crippen MR) is 85.9 cm³/mol. The average molecular weight is 356 g/mol. The van der Waals surface area contributed by atoms with Crippen molar-refractivity contribution in [2.75, 3.05) is 6.61 Å². The lowest BCUT2D eigenvalue weighted by Gasteiger charge is -2.21. The monoisotopic (exact) mass is 354 g/mol. The Bertz CT molecular complexity index is 592. The fourth-order valence-electron chi connectivity index (χ4n) is 2.09. The molecule has 3 N–H and O–H groups in total. The Morgan fingerprint density at radius 2 is 2.00 bits per heavy atom. The van der Waals surface area contributed by atoms with Crippen LogP contribution in [0, 0.1) is 0 Å². The van der Waals surface area contributed by atoms with E-state index < -0.39 is 0 Å². The molecule has 106 valence electrons. The quantitative estimate of drug-likeness (QED) is 0.628. The van der Waals surface area contributed by atoms with Crippen LogP contribution in [0.15, 0.2) is 46.9 Å². The summed E-state index contributed by atoms with van der Waals surface area (Å²) in [5.74, 6) is 6.54. The zero-order valence-electron chi connectivity index (χ0n) is 11.1. The van der Waals surface area contributed by atoms with Crippen LogP contribution >= 0.6 is 27.5 Å². The van der Waals surface area contributed by atoms with Gasteiger partial charge in [-0.25, -0.2) is 5.43 Å². The van der Waals surface area contributed by atoms with Crippen LogP contribution in [0.5, 0.6) is 5.75 Å². The third-order valence-electron chi connectivity index (χ3n) is 2.97. The topological polar surface area (TPSA) is 47.3 Å². The molecule has 20 heavy (non-hydrogen) atoms. The van der Waals surface area contributed by atoms with E-state index in [1.165, 1.54) is 0 Å². The minimum atomic E-state index is -0.234. The maximum absolute atomic E-state index is 6.29. The van der Waals surface area contributed by atoms with Crippen molar-refractivity contribution in [2.24, 2.45) is 5.84 Å². The number of nitrogens with two attached hydrogens (primary N) is 1. The van der Waals surface area contributed by atoms with Crippen molar-refractivity contribution in [1.82, 2.24) is 5.43 Å². The molecule has 0 heterocycles. The summed E-state index contributed by atoms with van der Waals surface area (Å²) < 4.78 is 6.61. The van der Waals surface area contributed by atoms with Gasteiger partial charge in [-0.05, 0) is 36.8 Å². The van der Waals surface area contributed by atoms with Crippen molar-refractivity contribution in [3.8, 4) is 5.75 Å². The number of halogens is 2. The van der Waals surface area contributed by atoms with E-state index in [9.17, 15) is 0 Å². The lowest BCUT2D eigenvalue weighted by molar-refractivity contribution is 0.333. The Kier molecular flexibility index (Phi) is 5.43. The highest BCUT2D eigenvalue weighted by atomic mass is 79.9. The predicted octanol–water partition coefficient (Wildman–Crippen LogP) is 4.05. The number of ether oxygens (including phenoxy) is 1. The molecule has 0 fully saturated rings. The van der Waals surface area contributed by atoms with Crippen LogP contribution in [0.1, 0.15) is 24.1 Å². The van der Waals surface area contributed by atoms with Crippen LogP contribution in [0.3, 0.4) is 0 Å². The number of rotatable bonds is 5. The molecule has 0 aliphatic rings. The van der Waals surface area contributed by atoms with Gasteiger partial charge in [0.1, 0.15) is 5.75 Å². The van der Waals surface area contributed by atoms with Gasteiger partial charge >= 0.3 is 0 Å². The standard InChI is InChI=1S/C15H16BrClN2O/c1-2-20-14-6-4-3-5-11(14)15(19-18)12-9-10(16)7-8-13(12)17/h3-9,15,19H,2,18H2,1H3. The first-order chi connectivity index (χ1) is 9.67. The summed E-state index contributed by atoms with van der Waals surface area (Å²) in [7, 11) is 0. The van der Waals surface area contributed by atoms with E-state index in [0.717, 1.165) is 21.3 Å². The molecule has 0 saturated heterocycles. The van der Waals surface area contributed by atoms with Crippen LogP contribution in [0.25, 0.3) is 0 Å². The first kappa shape index (κ1) is 15.3. The van der Waals surface area contributed by atoms with Crippen molar-refractivity contribution >= 4 is 27.5 Å². The van der Waals surface area contributed by atoms with Gasteiger partial charge in [0.05, 0.1) is 12.6 Å². The van der Waals surface area contributed by atoms with Gasteiger partial charge < -0.3 is 4.74 Å². The van der Waals surface area contributed by atoms with Crippen LogP contribution in [-0.2, 0) is 0 Å². The second-order valence-electron chi connectivity index (χ2n) is 4.24. The van der Waals surface area contributed by atoms with Crippen LogP contribution < -0.4 is 16.0 Å². The number of para-hydroxylation sites is 1. The average Bonchev–Trinajstić information content (AvgIpc) is 2.45. The third-order valence-corrected chi connectivity index (χ3v) is 3.80. The molecule has 0 aliphatic carbocycles. The summed E-state index contributed by atoms with van der Waals surface area (Å²) in [6, 6.07) is 13.3. The molecule has 0 amide bonds. The van der Waals surface area contributed by atoms with Gasteiger partial charge in [0.2, 0.25) is 0 Å². The normalized spacial score (nSPS) is 12.2. The van der Waals surface area contributed by atoms with Crippen molar-refractivity contribution in [2.45, 2.75) is 13.0 Å². The van der Waals surface area contributed by atoms with Crippen molar-refractivity contribution in [1.29, 1.82) is 0 Å². The summed E-state index contributed by atoms with van der Waals surface area (Å²) in [5, 5.41) is 0.655. The molecular formula is C15H16BrClN2O. The lowest BCUT2D eigenvalue weighted by atomic mass is 9.98. The van der Waals surface area contributed by atoms with Crippen molar-refractivity contribution in [3.63, 3.8) is 0 Å². The molecule has 1 unspecified atom stereocenters.